The summed E-state index contributed by atoms with van der Waals surface area (Å²) in [5.41, 5.74) is 2.58. The zero-order valence-corrected chi connectivity index (χ0v) is 10.2. The molecule has 0 spiro atoms. The van der Waals surface area contributed by atoms with Crippen LogP contribution in [0.4, 0.5) is 0 Å². The van der Waals surface area contributed by atoms with Gasteiger partial charge in [-0.05, 0) is 33.1 Å². The molecule has 1 aliphatic carbocycles. The van der Waals surface area contributed by atoms with Crippen LogP contribution in [-0.4, -0.2) is 23.3 Å². The summed E-state index contributed by atoms with van der Waals surface area (Å²) in [6.07, 6.45) is 2.41. The molecule has 0 aromatic carbocycles. The minimum Gasteiger partial charge on any atom is -0.282 e. The number of hydrogen-bond donors (Lipinski definition) is 0. The number of carbonyl (C=O) groups is 2. The van der Waals surface area contributed by atoms with E-state index in [2.05, 4.69) is 13.8 Å². The average molecular weight is 221 g/mol. The predicted molar refractivity (Wildman–Crippen MR) is 61.6 cm³/mol. The monoisotopic (exact) mass is 221 g/mol. The molecular weight excluding hydrogens is 202 g/mol. The molecule has 2 rings (SSSR count). The number of nitrogens with zero attached hydrogens (tertiary/aromatic N) is 1. The fraction of sp³-hybridized carbons (Fsp3) is 0.692. The smallest absolute Gasteiger partial charge is 0.233 e. The summed E-state index contributed by atoms with van der Waals surface area (Å²) in [5.74, 6) is -0.0158. The van der Waals surface area contributed by atoms with Crippen LogP contribution < -0.4 is 0 Å². The average Bonchev–Trinajstić information content (AvgIpc) is 2.46. The molecule has 2 atom stereocenters. The minimum atomic E-state index is -0.0669. The standard InChI is InChI=1S/C13H19NO2/c1-4-5-14-12(15)10-6-8(2)9(3)7-11(10)13(14)16/h10-11H,4-7H2,1-3H3/t10-,11-/m1/s1. The summed E-state index contributed by atoms with van der Waals surface area (Å²) in [5, 5.41) is 0. The lowest BCUT2D eigenvalue weighted by Gasteiger charge is -2.23. The molecule has 3 heteroatoms. The van der Waals surface area contributed by atoms with Gasteiger partial charge in [0.25, 0.3) is 0 Å². The summed E-state index contributed by atoms with van der Waals surface area (Å²) < 4.78 is 0. The Labute approximate surface area is 96.5 Å². The Hall–Kier alpha value is -1.12. The summed E-state index contributed by atoms with van der Waals surface area (Å²) >= 11 is 0. The molecule has 0 radical (unpaired) electrons. The fourth-order valence-corrected chi connectivity index (χ4v) is 2.76. The van der Waals surface area contributed by atoms with Crippen molar-refractivity contribution in [2.24, 2.45) is 11.8 Å². The van der Waals surface area contributed by atoms with E-state index in [1.54, 1.807) is 0 Å². The van der Waals surface area contributed by atoms with Crippen molar-refractivity contribution in [3.63, 3.8) is 0 Å². The summed E-state index contributed by atoms with van der Waals surface area (Å²) in [7, 11) is 0. The van der Waals surface area contributed by atoms with Gasteiger partial charge in [0.1, 0.15) is 0 Å². The lowest BCUT2D eigenvalue weighted by Crippen LogP contribution is -2.31. The van der Waals surface area contributed by atoms with E-state index in [-0.39, 0.29) is 23.7 Å². The van der Waals surface area contributed by atoms with Crippen molar-refractivity contribution in [3.8, 4) is 0 Å². The van der Waals surface area contributed by atoms with Crippen molar-refractivity contribution in [1.29, 1.82) is 0 Å². The Morgan fingerprint density at radius 1 is 1.06 bits per heavy atom. The molecule has 16 heavy (non-hydrogen) atoms. The number of imide groups is 1. The van der Waals surface area contributed by atoms with Crippen molar-refractivity contribution in [2.75, 3.05) is 6.54 Å². The third-order valence-electron chi connectivity index (χ3n) is 3.88. The molecule has 1 saturated heterocycles. The molecule has 1 fully saturated rings. The van der Waals surface area contributed by atoms with Crippen LogP contribution in [0.25, 0.3) is 0 Å². The van der Waals surface area contributed by atoms with Gasteiger partial charge in [-0.15, -0.1) is 0 Å². The number of amides is 2. The molecule has 0 N–H and O–H groups in total. The second kappa shape index (κ2) is 4.04. The van der Waals surface area contributed by atoms with Gasteiger partial charge in [-0.1, -0.05) is 18.1 Å². The van der Waals surface area contributed by atoms with Crippen LogP contribution in [0.1, 0.15) is 40.0 Å². The van der Waals surface area contributed by atoms with Gasteiger partial charge < -0.3 is 0 Å². The maximum Gasteiger partial charge on any atom is 0.233 e. The normalized spacial score (nSPS) is 30.1. The van der Waals surface area contributed by atoms with Crippen LogP contribution in [0.2, 0.25) is 0 Å². The highest BCUT2D eigenvalue weighted by molar-refractivity contribution is 6.05. The van der Waals surface area contributed by atoms with Crippen molar-refractivity contribution >= 4 is 11.8 Å². The largest absolute Gasteiger partial charge is 0.282 e. The molecular formula is C13H19NO2. The molecule has 0 aromatic rings. The Balaban J connectivity index is 2.24. The SMILES string of the molecule is CCCN1C(=O)[C@@H]2CC(C)=C(C)C[C@H]2C1=O. The zero-order valence-electron chi connectivity index (χ0n) is 10.2. The van der Waals surface area contributed by atoms with Gasteiger partial charge >= 0.3 is 0 Å². The molecule has 2 aliphatic rings. The summed E-state index contributed by atoms with van der Waals surface area (Å²) in [6.45, 7) is 6.73. The highest BCUT2D eigenvalue weighted by Gasteiger charge is 2.48. The Bertz CT molecular complexity index is 338. The number of carbonyl (C=O) groups excluding carboxylic acids is 2. The van der Waals surface area contributed by atoms with Gasteiger partial charge in [0, 0.05) is 6.54 Å². The Morgan fingerprint density at radius 2 is 1.50 bits per heavy atom. The first kappa shape index (κ1) is 11.4. The number of fused-ring (bicyclic) bond motifs is 1. The molecule has 0 saturated carbocycles. The molecule has 2 amide bonds. The lowest BCUT2D eigenvalue weighted by atomic mass is 9.78. The number of likely N-dealkylation sites (tertiary alicyclic amines) is 1. The Kier molecular flexibility index (Phi) is 2.87. The van der Waals surface area contributed by atoms with E-state index in [0.717, 1.165) is 19.3 Å². The van der Waals surface area contributed by atoms with E-state index in [4.69, 9.17) is 0 Å². The van der Waals surface area contributed by atoms with Crippen molar-refractivity contribution in [2.45, 2.75) is 40.0 Å². The first-order valence-electron chi connectivity index (χ1n) is 6.06. The highest BCUT2D eigenvalue weighted by Crippen LogP contribution is 2.40. The number of allylic oxidation sites excluding steroid dienone is 2. The fourth-order valence-electron chi connectivity index (χ4n) is 2.76. The van der Waals surface area contributed by atoms with Crippen LogP contribution >= 0.6 is 0 Å². The van der Waals surface area contributed by atoms with Crippen LogP contribution in [0.5, 0.6) is 0 Å². The second-order valence-corrected chi connectivity index (χ2v) is 5.01. The third kappa shape index (κ3) is 1.58. The molecule has 0 bridgehead atoms. The first-order valence-corrected chi connectivity index (χ1v) is 6.06. The van der Waals surface area contributed by atoms with Crippen LogP contribution in [-0.2, 0) is 9.59 Å². The van der Waals surface area contributed by atoms with Gasteiger partial charge in [-0.3, -0.25) is 14.5 Å². The van der Waals surface area contributed by atoms with Gasteiger partial charge in [-0.2, -0.15) is 0 Å². The first-order chi connectivity index (χ1) is 7.56. The Morgan fingerprint density at radius 3 is 1.88 bits per heavy atom. The summed E-state index contributed by atoms with van der Waals surface area (Å²) in [4.78, 5) is 25.6. The topological polar surface area (TPSA) is 37.4 Å². The van der Waals surface area contributed by atoms with E-state index in [0.29, 0.717) is 6.54 Å². The van der Waals surface area contributed by atoms with E-state index in [9.17, 15) is 9.59 Å². The molecule has 0 unspecified atom stereocenters. The number of rotatable bonds is 2. The predicted octanol–water partition coefficient (Wildman–Crippen LogP) is 2.13. The van der Waals surface area contributed by atoms with Gasteiger partial charge in [0.2, 0.25) is 11.8 Å². The molecule has 1 heterocycles. The van der Waals surface area contributed by atoms with Crippen molar-refractivity contribution < 1.29 is 9.59 Å². The molecule has 3 nitrogen and oxygen atoms in total. The van der Waals surface area contributed by atoms with E-state index in [1.165, 1.54) is 16.0 Å². The van der Waals surface area contributed by atoms with Crippen LogP contribution in [0.3, 0.4) is 0 Å². The van der Waals surface area contributed by atoms with Gasteiger partial charge in [-0.25, -0.2) is 0 Å². The minimum absolute atomic E-state index is 0.0590. The van der Waals surface area contributed by atoms with E-state index in [1.807, 2.05) is 6.92 Å². The maximum absolute atomic E-state index is 12.1. The van der Waals surface area contributed by atoms with Crippen LogP contribution in [0.15, 0.2) is 11.1 Å². The third-order valence-corrected chi connectivity index (χ3v) is 3.88. The van der Waals surface area contributed by atoms with Crippen molar-refractivity contribution in [3.05, 3.63) is 11.1 Å². The van der Waals surface area contributed by atoms with Gasteiger partial charge in [0.05, 0.1) is 11.8 Å². The number of hydrogen-bond acceptors (Lipinski definition) is 2. The molecule has 0 aromatic heterocycles. The van der Waals surface area contributed by atoms with Crippen LogP contribution in [0, 0.1) is 11.8 Å². The highest BCUT2D eigenvalue weighted by atomic mass is 16.2. The maximum atomic E-state index is 12.1. The van der Waals surface area contributed by atoms with Gasteiger partial charge in [0.15, 0.2) is 0 Å². The molecule has 1 aliphatic heterocycles. The lowest BCUT2D eigenvalue weighted by molar-refractivity contribution is -0.139. The quantitative estimate of drug-likeness (QED) is 0.529. The summed E-state index contributed by atoms with van der Waals surface area (Å²) in [6, 6.07) is 0. The van der Waals surface area contributed by atoms with Crippen molar-refractivity contribution in [1.82, 2.24) is 4.90 Å². The zero-order chi connectivity index (χ0) is 11.9. The van der Waals surface area contributed by atoms with E-state index < -0.39 is 0 Å². The van der Waals surface area contributed by atoms with E-state index >= 15 is 0 Å². The molecule has 88 valence electrons. The second-order valence-electron chi connectivity index (χ2n) is 5.01.